The standard InChI is InChI=1S/C19H22N2O6/c1-11(2)16(19(26)20-7-8-27-12(10-20)9-15(22)23)21-17(24)13-5-3-4-6-14(13)18(21)25/h3-6,11-12,16H,7-10H2,1-2H3,(H,22,23). The van der Waals surface area contributed by atoms with Gasteiger partial charge < -0.3 is 14.7 Å². The Morgan fingerprint density at radius 2 is 1.78 bits per heavy atom. The van der Waals surface area contributed by atoms with Crippen molar-refractivity contribution < 1.29 is 29.0 Å². The van der Waals surface area contributed by atoms with Crippen LogP contribution in [0.15, 0.2) is 24.3 Å². The van der Waals surface area contributed by atoms with E-state index in [0.29, 0.717) is 17.7 Å². The number of carbonyl (C=O) groups excluding carboxylic acids is 3. The Bertz CT molecular complexity index is 755. The van der Waals surface area contributed by atoms with Crippen LogP contribution in [0.2, 0.25) is 0 Å². The number of amides is 3. The van der Waals surface area contributed by atoms with Crippen molar-refractivity contribution in [1.29, 1.82) is 0 Å². The molecule has 1 fully saturated rings. The number of hydrogen-bond acceptors (Lipinski definition) is 5. The van der Waals surface area contributed by atoms with Gasteiger partial charge in [-0.25, -0.2) is 0 Å². The quantitative estimate of drug-likeness (QED) is 0.772. The summed E-state index contributed by atoms with van der Waals surface area (Å²) >= 11 is 0. The SMILES string of the molecule is CC(C)C(C(=O)N1CCOC(CC(=O)O)C1)N1C(=O)c2ccccc2C1=O. The minimum Gasteiger partial charge on any atom is -0.481 e. The lowest BCUT2D eigenvalue weighted by atomic mass is 10.00. The number of imide groups is 1. The minimum absolute atomic E-state index is 0.123. The molecule has 1 N–H and O–H groups in total. The Hall–Kier alpha value is -2.74. The molecule has 144 valence electrons. The van der Waals surface area contributed by atoms with E-state index in [2.05, 4.69) is 0 Å². The molecule has 8 nitrogen and oxygen atoms in total. The fourth-order valence-corrected chi connectivity index (χ4v) is 3.58. The molecule has 0 saturated carbocycles. The van der Waals surface area contributed by atoms with Gasteiger partial charge in [-0.3, -0.25) is 24.1 Å². The van der Waals surface area contributed by atoms with Gasteiger partial charge in [0.25, 0.3) is 11.8 Å². The number of aliphatic carboxylic acids is 1. The Labute approximate surface area is 156 Å². The number of rotatable bonds is 5. The number of benzene rings is 1. The second-order valence-electron chi connectivity index (χ2n) is 7.09. The molecule has 1 aromatic carbocycles. The monoisotopic (exact) mass is 374 g/mol. The highest BCUT2D eigenvalue weighted by Gasteiger charge is 2.45. The van der Waals surface area contributed by atoms with Crippen molar-refractivity contribution in [3.05, 3.63) is 35.4 Å². The highest BCUT2D eigenvalue weighted by atomic mass is 16.5. The van der Waals surface area contributed by atoms with E-state index in [1.165, 1.54) is 4.90 Å². The lowest BCUT2D eigenvalue weighted by Crippen LogP contribution is -2.57. The molecule has 0 aromatic heterocycles. The van der Waals surface area contributed by atoms with Crippen LogP contribution in [0.3, 0.4) is 0 Å². The maximum absolute atomic E-state index is 13.2. The van der Waals surface area contributed by atoms with E-state index in [-0.39, 0.29) is 31.4 Å². The van der Waals surface area contributed by atoms with E-state index >= 15 is 0 Å². The molecular weight excluding hydrogens is 352 g/mol. The predicted octanol–water partition coefficient (Wildman–Crippen LogP) is 1.01. The smallest absolute Gasteiger partial charge is 0.306 e. The van der Waals surface area contributed by atoms with Crippen LogP contribution in [0.5, 0.6) is 0 Å². The van der Waals surface area contributed by atoms with Gasteiger partial charge in [-0.05, 0) is 18.1 Å². The van der Waals surface area contributed by atoms with Gasteiger partial charge in [0.05, 0.1) is 30.3 Å². The molecule has 0 radical (unpaired) electrons. The summed E-state index contributed by atoms with van der Waals surface area (Å²) in [5.74, 6) is -2.61. The van der Waals surface area contributed by atoms with Crippen LogP contribution in [0.25, 0.3) is 0 Å². The van der Waals surface area contributed by atoms with Gasteiger partial charge in [-0.2, -0.15) is 0 Å². The summed E-state index contributed by atoms with van der Waals surface area (Å²) in [6.07, 6.45) is -0.807. The van der Waals surface area contributed by atoms with Crippen LogP contribution in [0, 0.1) is 5.92 Å². The van der Waals surface area contributed by atoms with Gasteiger partial charge in [0.1, 0.15) is 6.04 Å². The summed E-state index contributed by atoms with van der Waals surface area (Å²) in [6, 6.07) is 5.57. The molecule has 2 aliphatic heterocycles. The molecule has 1 aromatic rings. The Morgan fingerprint density at radius 3 is 2.30 bits per heavy atom. The zero-order valence-electron chi connectivity index (χ0n) is 15.3. The number of carboxylic acid groups (broad SMARTS) is 1. The highest BCUT2D eigenvalue weighted by Crippen LogP contribution is 2.28. The van der Waals surface area contributed by atoms with Gasteiger partial charge in [0.2, 0.25) is 5.91 Å². The molecule has 3 amide bonds. The van der Waals surface area contributed by atoms with Gasteiger partial charge >= 0.3 is 5.97 Å². The first-order chi connectivity index (χ1) is 12.8. The van der Waals surface area contributed by atoms with Gasteiger partial charge in [0, 0.05) is 13.1 Å². The Balaban J connectivity index is 1.84. The predicted molar refractivity (Wildman–Crippen MR) is 94.1 cm³/mol. The van der Waals surface area contributed by atoms with Crippen LogP contribution in [-0.2, 0) is 14.3 Å². The van der Waals surface area contributed by atoms with Crippen molar-refractivity contribution in [3.8, 4) is 0 Å². The van der Waals surface area contributed by atoms with Gasteiger partial charge in [0.15, 0.2) is 0 Å². The fraction of sp³-hybridized carbons (Fsp3) is 0.474. The number of carbonyl (C=O) groups is 4. The van der Waals surface area contributed by atoms with Crippen molar-refractivity contribution in [2.24, 2.45) is 5.92 Å². The number of hydrogen-bond donors (Lipinski definition) is 1. The normalized spacial score (nSPS) is 20.8. The molecule has 2 atom stereocenters. The zero-order valence-corrected chi connectivity index (χ0v) is 15.3. The first-order valence-electron chi connectivity index (χ1n) is 8.90. The summed E-state index contributed by atoms with van der Waals surface area (Å²) in [5, 5.41) is 8.95. The number of ether oxygens (including phenoxy) is 1. The third kappa shape index (κ3) is 3.57. The molecule has 0 bridgehead atoms. The summed E-state index contributed by atoms with van der Waals surface area (Å²) in [4.78, 5) is 52.2. The fourth-order valence-electron chi connectivity index (χ4n) is 3.58. The molecule has 2 heterocycles. The van der Waals surface area contributed by atoms with E-state index in [1.54, 1.807) is 38.1 Å². The van der Waals surface area contributed by atoms with Crippen molar-refractivity contribution in [2.75, 3.05) is 19.7 Å². The van der Waals surface area contributed by atoms with Crippen molar-refractivity contribution >= 4 is 23.7 Å². The Kier molecular flexibility index (Phi) is 5.27. The molecule has 1 saturated heterocycles. The van der Waals surface area contributed by atoms with E-state index in [4.69, 9.17) is 9.84 Å². The molecule has 8 heteroatoms. The number of carboxylic acids is 1. The molecule has 2 aliphatic rings. The van der Waals surface area contributed by atoms with Crippen LogP contribution in [-0.4, -0.2) is 70.4 Å². The average molecular weight is 374 g/mol. The molecular formula is C19H22N2O6. The lowest BCUT2D eigenvalue weighted by Gasteiger charge is -2.37. The Morgan fingerprint density at radius 1 is 1.19 bits per heavy atom. The minimum atomic E-state index is -1.00. The van der Waals surface area contributed by atoms with E-state index in [0.717, 1.165) is 4.90 Å². The third-order valence-corrected chi connectivity index (χ3v) is 4.84. The maximum Gasteiger partial charge on any atom is 0.306 e. The lowest BCUT2D eigenvalue weighted by molar-refractivity contribution is -0.150. The van der Waals surface area contributed by atoms with Gasteiger partial charge in [-0.1, -0.05) is 26.0 Å². The maximum atomic E-state index is 13.2. The first-order valence-corrected chi connectivity index (χ1v) is 8.90. The molecule has 0 spiro atoms. The van der Waals surface area contributed by atoms with Crippen molar-refractivity contribution in [3.63, 3.8) is 0 Å². The van der Waals surface area contributed by atoms with Crippen LogP contribution < -0.4 is 0 Å². The third-order valence-electron chi connectivity index (χ3n) is 4.84. The number of morpholine rings is 1. The molecule has 0 aliphatic carbocycles. The van der Waals surface area contributed by atoms with Gasteiger partial charge in [-0.15, -0.1) is 0 Å². The summed E-state index contributed by atoms with van der Waals surface area (Å²) in [7, 11) is 0. The summed E-state index contributed by atoms with van der Waals surface area (Å²) in [6.45, 7) is 4.19. The number of fused-ring (bicyclic) bond motifs is 1. The number of nitrogens with zero attached hydrogens (tertiary/aromatic N) is 2. The molecule has 3 rings (SSSR count). The second-order valence-corrected chi connectivity index (χ2v) is 7.09. The van der Waals surface area contributed by atoms with Crippen molar-refractivity contribution in [2.45, 2.75) is 32.4 Å². The zero-order chi connectivity index (χ0) is 19.7. The topological polar surface area (TPSA) is 104 Å². The largest absolute Gasteiger partial charge is 0.481 e. The summed E-state index contributed by atoms with van der Waals surface area (Å²) in [5.41, 5.74) is 0.596. The molecule has 27 heavy (non-hydrogen) atoms. The van der Waals surface area contributed by atoms with Crippen LogP contribution in [0.1, 0.15) is 41.0 Å². The van der Waals surface area contributed by atoms with E-state index in [1.807, 2.05) is 0 Å². The summed E-state index contributed by atoms with van der Waals surface area (Å²) < 4.78 is 5.41. The van der Waals surface area contributed by atoms with Crippen molar-refractivity contribution in [1.82, 2.24) is 9.80 Å². The average Bonchev–Trinajstić information content (AvgIpc) is 2.87. The van der Waals surface area contributed by atoms with Crippen LogP contribution in [0.4, 0.5) is 0 Å². The van der Waals surface area contributed by atoms with E-state index < -0.39 is 29.9 Å². The van der Waals surface area contributed by atoms with E-state index in [9.17, 15) is 19.2 Å². The highest BCUT2D eigenvalue weighted by molar-refractivity contribution is 6.22. The second kappa shape index (κ2) is 7.48. The molecule has 2 unspecified atom stereocenters. The van der Waals surface area contributed by atoms with Crippen LogP contribution >= 0.6 is 0 Å². The first kappa shape index (κ1) is 19.0.